The zero-order valence-electron chi connectivity index (χ0n) is 10.9. The minimum Gasteiger partial charge on any atom is -0.459 e. The number of fused-ring (bicyclic) bond motifs is 1. The van der Waals surface area contributed by atoms with Gasteiger partial charge in [0, 0.05) is 23.3 Å². The molecule has 0 spiro atoms. The van der Waals surface area contributed by atoms with Crippen molar-refractivity contribution in [1.29, 1.82) is 0 Å². The summed E-state index contributed by atoms with van der Waals surface area (Å²) in [6, 6.07) is 7.89. The van der Waals surface area contributed by atoms with Crippen LogP contribution in [0.25, 0.3) is 11.0 Å². The van der Waals surface area contributed by atoms with Crippen LogP contribution >= 0.6 is 0 Å². The van der Waals surface area contributed by atoms with Gasteiger partial charge in [-0.1, -0.05) is 6.07 Å². The lowest BCUT2D eigenvalue weighted by Gasteiger charge is -2.14. The topological polar surface area (TPSA) is 64.1 Å². The number of rotatable bonds is 3. The molecule has 0 fully saturated rings. The monoisotopic (exact) mass is 271 g/mol. The largest absolute Gasteiger partial charge is 0.459 e. The molecule has 1 aromatic carbocycles. The molecule has 0 amide bonds. The third-order valence-corrected chi connectivity index (χ3v) is 3.38. The van der Waals surface area contributed by atoms with E-state index in [0.717, 1.165) is 16.5 Å². The number of halogens is 1. The van der Waals surface area contributed by atoms with Gasteiger partial charge in [0.1, 0.15) is 23.2 Å². The van der Waals surface area contributed by atoms with Gasteiger partial charge in [-0.05, 0) is 36.8 Å². The Morgan fingerprint density at radius 2 is 2.20 bits per heavy atom. The highest BCUT2D eigenvalue weighted by Gasteiger charge is 2.21. The number of hydrogen-bond donors (Lipinski definition) is 2. The summed E-state index contributed by atoms with van der Waals surface area (Å²) in [6.45, 7) is 1.89. The fourth-order valence-electron chi connectivity index (χ4n) is 2.36. The third-order valence-electron chi connectivity index (χ3n) is 3.38. The lowest BCUT2D eigenvalue weighted by molar-refractivity contribution is 0.473. The summed E-state index contributed by atoms with van der Waals surface area (Å²) in [5.74, 6) is 6.03. The maximum absolute atomic E-state index is 13.3. The number of nitrogens with one attached hydrogen (secondary N) is 1. The molecule has 1 atom stereocenters. The first kappa shape index (κ1) is 12.8. The molecule has 3 aromatic rings. The van der Waals surface area contributed by atoms with Crippen LogP contribution in [0.3, 0.4) is 0 Å². The van der Waals surface area contributed by atoms with Crippen molar-refractivity contribution in [2.75, 3.05) is 0 Å². The van der Waals surface area contributed by atoms with Crippen LogP contribution in [0.15, 0.2) is 47.1 Å². The Morgan fingerprint density at radius 3 is 2.90 bits per heavy atom. The highest BCUT2D eigenvalue weighted by molar-refractivity contribution is 5.82. The molecule has 102 valence electrons. The first-order valence-corrected chi connectivity index (χ1v) is 6.25. The molecule has 0 aliphatic carbocycles. The lowest BCUT2D eigenvalue weighted by atomic mass is 10.0. The van der Waals surface area contributed by atoms with E-state index < -0.39 is 0 Å². The molecule has 0 aliphatic rings. The van der Waals surface area contributed by atoms with Crippen molar-refractivity contribution >= 4 is 11.0 Å². The average Bonchev–Trinajstić information content (AvgIpc) is 2.78. The van der Waals surface area contributed by atoms with E-state index in [0.29, 0.717) is 11.3 Å². The molecule has 0 saturated heterocycles. The lowest BCUT2D eigenvalue weighted by Crippen LogP contribution is -2.29. The van der Waals surface area contributed by atoms with Crippen LogP contribution in [0.1, 0.15) is 22.9 Å². The maximum Gasteiger partial charge on any atom is 0.134 e. The van der Waals surface area contributed by atoms with E-state index in [4.69, 9.17) is 10.3 Å². The minimum absolute atomic E-state index is 0.286. The standard InChI is InChI=1S/C15H14FN3O/c1-9-12-7-11(16)4-5-13(12)20-15(9)14(19-17)10-3-2-6-18-8-10/h2-8,14,19H,17H2,1H3. The SMILES string of the molecule is Cc1c(C(NN)c2cccnc2)oc2ccc(F)cc12. The van der Waals surface area contributed by atoms with Crippen LogP contribution in [0.5, 0.6) is 0 Å². The van der Waals surface area contributed by atoms with Gasteiger partial charge in [-0.3, -0.25) is 10.8 Å². The number of hydrogen-bond acceptors (Lipinski definition) is 4. The molecule has 0 bridgehead atoms. The Kier molecular flexibility index (Phi) is 3.22. The second-order valence-corrected chi connectivity index (χ2v) is 4.62. The van der Waals surface area contributed by atoms with Crippen molar-refractivity contribution in [1.82, 2.24) is 10.4 Å². The number of pyridine rings is 1. The molecule has 2 aromatic heterocycles. The Balaban J connectivity index is 2.15. The van der Waals surface area contributed by atoms with Crippen LogP contribution in [0.2, 0.25) is 0 Å². The molecular formula is C15H14FN3O. The third kappa shape index (κ3) is 2.07. The van der Waals surface area contributed by atoms with Crippen LogP contribution in [0.4, 0.5) is 4.39 Å². The number of aryl methyl sites for hydroxylation is 1. The number of nitrogens with two attached hydrogens (primary N) is 1. The highest BCUT2D eigenvalue weighted by Crippen LogP contribution is 2.32. The normalized spacial score (nSPS) is 12.8. The van der Waals surface area contributed by atoms with E-state index >= 15 is 0 Å². The summed E-state index contributed by atoms with van der Waals surface area (Å²) < 4.78 is 19.2. The molecule has 3 N–H and O–H groups in total. The van der Waals surface area contributed by atoms with Crippen molar-refractivity contribution in [3.63, 3.8) is 0 Å². The Labute approximate surface area is 115 Å². The summed E-state index contributed by atoms with van der Waals surface area (Å²) in [5, 5.41) is 0.754. The zero-order valence-corrected chi connectivity index (χ0v) is 10.9. The van der Waals surface area contributed by atoms with E-state index in [1.807, 2.05) is 19.1 Å². The van der Waals surface area contributed by atoms with Gasteiger partial charge in [-0.2, -0.15) is 0 Å². The highest BCUT2D eigenvalue weighted by atomic mass is 19.1. The number of nitrogens with zero attached hydrogens (tertiary/aromatic N) is 1. The summed E-state index contributed by atoms with van der Waals surface area (Å²) in [5.41, 5.74) is 5.12. The fraction of sp³-hybridized carbons (Fsp3) is 0.133. The van der Waals surface area contributed by atoms with Gasteiger partial charge in [-0.25, -0.2) is 9.82 Å². The first-order chi connectivity index (χ1) is 9.70. The van der Waals surface area contributed by atoms with Crippen molar-refractivity contribution < 1.29 is 8.81 Å². The van der Waals surface area contributed by atoms with Crippen LogP contribution in [-0.4, -0.2) is 4.98 Å². The van der Waals surface area contributed by atoms with Gasteiger partial charge in [0.15, 0.2) is 0 Å². The van der Waals surface area contributed by atoms with E-state index in [1.54, 1.807) is 18.5 Å². The van der Waals surface area contributed by atoms with E-state index in [2.05, 4.69) is 10.4 Å². The molecule has 1 unspecified atom stereocenters. The number of hydrazine groups is 1. The van der Waals surface area contributed by atoms with Crippen LogP contribution in [-0.2, 0) is 0 Å². The molecule has 4 nitrogen and oxygen atoms in total. The maximum atomic E-state index is 13.3. The van der Waals surface area contributed by atoms with Crippen molar-refractivity contribution in [2.45, 2.75) is 13.0 Å². The zero-order chi connectivity index (χ0) is 14.1. The van der Waals surface area contributed by atoms with Crippen molar-refractivity contribution in [2.24, 2.45) is 5.84 Å². The molecule has 2 heterocycles. The van der Waals surface area contributed by atoms with Crippen LogP contribution < -0.4 is 11.3 Å². The van der Waals surface area contributed by atoms with Gasteiger partial charge in [0.2, 0.25) is 0 Å². The second-order valence-electron chi connectivity index (χ2n) is 4.62. The van der Waals surface area contributed by atoms with Crippen molar-refractivity contribution in [3.8, 4) is 0 Å². The molecule has 3 rings (SSSR count). The van der Waals surface area contributed by atoms with Gasteiger partial charge in [0.05, 0.1) is 0 Å². The summed E-state index contributed by atoms with van der Waals surface area (Å²) in [6.07, 6.45) is 3.41. The number of benzene rings is 1. The Bertz CT molecular complexity index is 739. The molecule has 0 radical (unpaired) electrons. The van der Waals surface area contributed by atoms with Crippen LogP contribution in [0, 0.1) is 12.7 Å². The molecular weight excluding hydrogens is 257 g/mol. The van der Waals surface area contributed by atoms with Crippen molar-refractivity contribution in [3.05, 3.63) is 65.4 Å². The van der Waals surface area contributed by atoms with Gasteiger partial charge < -0.3 is 4.42 Å². The van der Waals surface area contributed by atoms with E-state index in [-0.39, 0.29) is 11.9 Å². The predicted octanol–water partition coefficient (Wildman–Crippen LogP) is 2.83. The molecule has 5 heteroatoms. The Morgan fingerprint density at radius 1 is 1.35 bits per heavy atom. The summed E-state index contributed by atoms with van der Waals surface area (Å²) in [7, 11) is 0. The van der Waals surface area contributed by atoms with Gasteiger partial charge in [-0.15, -0.1) is 0 Å². The van der Waals surface area contributed by atoms with Gasteiger partial charge >= 0.3 is 0 Å². The quantitative estimate of drug-likeness (QED) is 0.568. The predicted molar refractivity (Wildman–Crippen MR) is 74.3 cm³/mol. The van der Waals surface area contributed by atoms with Gasteiger partial charge in [0.25, 0.3) is 0 Å². The first-order valence-electron chi connectivity index (χ1n) is 6.25. The second kappa shape index (κ2) is 5.03. The summed E-state index contributed by atoms with van der Waals surface area (Å²) in [4.78, 5) is 4.08. The summed E-state index contributed by atoms with van der Waals surface area (Å²) >= 11 is 0. The Hall–Kier alpha value is -2.24. The molecule has 0 saturated carbocycles. The fourth-order valence-corrected chi connectivity index (χ4v) is 2.36. The number of furan rings is 1. The average molecular weight is 271 g/mol. The number of aromatic nitrogens is 1. The molecule has 0 aliphatic heterocycles. The van der Waals surface area contributed by atoms with E-state index in [1.165, 1.54) is 12.1 Å². The smallest absolute Gasteiger partial charge is 0.134 e. The molecule has 20 heavy (non-hydrogen) atoms. The van der Waals surface area contributed by atoms with E-state index in [9.17, 15) is 4.39 Å². The minimum atomic E-state index is -0.320.